The van der Waals surface area contributed by atoms with Crippen molar-refractivity contribution in [1.82, 2.24) is 0 Å². The maximum absolute atomic E-state index is 13.1. The maximum Gasteiger partial charge on any atom is 0.317 e. The highest BCUT2D eigenvalue weighted by atomic mass is 35.5. The average molecular weight is 841 g/mol. The zero-order chi connectivity index (χ0) is 40.3. The van der Waals surface area contributed by atoms with Gasteiger partial charge in [0.15, 0.2) is 0 Å². The summed E-state index contributed by atoms with van der Waals surface area (Å²) in [6, 6.07) is 38.3. The molecule has 0 aliphatic rings. The molecule has 0 spiro atoms. The fourth-order valence-corrected chi connectivity index (χ4v) is 6.47. The van der Waals surface area contributed by atoms with Gasteiger partial charge in [-0.15, -0.1) is 0 Å². The number of ether oxygens (including phenoxy) is 1. The van der Waals surface area contributed by atoms with Crippen molar-refractivity contribution in [2.24, 2.45) is 0 Å². The van der Waals surface area contributed by atoms with Gasteiger partial charge in [-0.25, -0.2) is 0 Å². The van der Waals surface area contributed by atoms with E-state index in [1.165, 1.54) is 0 Å². The van der Waals surface area contributed by atoms with E-state index in [1.807, 2.05) is 42.5 Å². The molecule has 0 aliphatic heterocycles. The third-order valence-corrected chi connectivity index (χ3v) is 9.86. The van der Waals surface area contributed by atoms with Crippen LogP contribution in [0, 0.1) is 0 Å². The van der Waals surface area contributed by atoms with Crippen LogP contribution in [0.4, 0.5) is 22.7 Å². The molecule has 6 rings (SSSR count). The van der Waals surface area contributed by atoms with Crippen LogP contribution in [0.3, 0.4) is 0 Å². The van der Waals surface area contributed by atoms with Crippen molar-refractivity contribution in [2.45, 2.75) is 25.9 Å². The van der Waals surface area contributed by atoms with Crippen LogP contribution in [0.2, 0.25) is 20.1 Å². The molecule has 0 saturated carbocycles. The van der Waals surface area contributed by atoms with E-state index < -0.39 is 23.8 Å². The molecule has 0 atom stereocenters. The van der Waals surface area contributed by atoms with Gasteiger partial charge in [0, 0.05) is 45.9 Å². The van der Waals surface area contributed by atoms with Crippen LogP contribution < -0.4 is 21.3 Å². The first-order chi connectivity index (χ1) is 27.5. The fraction of sp³-hybridized carbons (Fsp3) is 0.0909. The molecule has 0 bridgehead atoms. The van der Waals surface area contributed by atoms with Crippen LogP contribution in [-0.2, 0) is 40.3 Å². The number of hydrogen-bond donors (Lipinski definition) is 4. The smallest absolute Gasteiger partial charge is 0.317 e. The minimum absolute atomic E-state index is 0.156. The second kappa shape index (κ2) is 19.3. The molecule has 0 fully saturated rings. The Kier molecular flexibility index (Phi) is 13.9. The highest BCUT2D eigenvalue weighted by Gasteiger charge is 2.16. The van der Waals surface area contributed by atoms with Crippen molar-refractivity contribution in [2.75, 3.05) is 21.3 Å². The van der Waals surface area contributed by atoms with E-state index in [1.54, 1.807) is 91.0 Å². The first-order valence-corrected chi connectivity index (χ1v) is 19.1. The number of carbonyl (C=O) groups is 4. The molecule has 0 aromatic heterocycles. The molecular formula is C44H34Cl4N4O5. The Morgan fingerprint density at radius 3 is 1.46 bits per heavy atom. The van der Waals surface area contributed by atoms with Crippen LogP contribution >= 0.6 is 46.4 Å². The Morgan fingerprint density at radius 2 is 0.947 bits per heavy atom. The molecule has 0 unspecified atom stereocenters. The number of esters is 2. The number of anilines is 4. The summed E-state index contributed by atoms with van der Waals surface area (Å²) in [6.07, 6.45) is -0.313. The highest BCUT2D eigenvalue weighted by Crippen LogP contribution is 2.25. The van der Waals surface area contributed by atoms with Crippen molar-refractivity contribution >= 4 is 92.9 Å². The molecule has 9 nitrogen and oxygen atoms in total. The minimum Gasteiger partial charge on any atom is -0.393 e. The molecule has 6 aromatic carbocycles. The zero-order valence-electron chi connectivity index (χ0n) is 30.1. The lowest BCUT2D eigenvalue weighted by atomic mass is 10.1. The molecule has 288 valence electrons. The number of carbonyl (C=O) groups excluding carboxylic acids is 4. The van der Waals surface area contributed by atoms with Crippen LogP contribution in [0.25, 0.3) is 0 Å². The van der Waals surface area contributed by atoms with Gasteiger partial charge in [0.1, 0.15) is 0 Å². The van der Waals surface area contributed by atoms with Gasteiger partial charge in [-0.2, -0.15) is 0 Å². The predicted molar refractivity (Wildman–Crippen MR) is 228 cm³/mol. The van der Waals surface area contributed by atoms with E-state index in [-0.39, 0.29) is 34.0 Å². The number of benzene rings is 6. The number of amides is 2. The van der Waals surface area contributed by atoms with Crippen LogP contribution in [0.15, 0.2) is 133 Å². The fourth-order valence-electron chi connectivity index (χ4n) is 5.65. The standard InChI is InChI=1S/C44H34Cl4N4O5/c45-31-6-3-4-29(20-31)25-49-34-16-18-39(47)36(23-34)43(55)51-32-12-8-27(9-13-32)21-41(53)57-42(54)22-28-10-14-33(15-11-28)52-44(56)37-24-35(17-19-40(37)48)50-26-30-5-1-2-7-38(30)46/h1-20,23-24,49-50H,21-22,25-26H2,(H,51,55)(H,52,56). The zero-order valence-corrected chi connectivity index (χ0v) is 33.1. The summed E-state index contributed by atoms with van der Waals surface area (Å²) in [4.78, 5) is 51.3. The molecule has 2 amide bonds. The van der Waals surface area contributed by atoms with Crippen molar-refractivity contribution in [1.29, 1.82) is 0 Å². The first-order valence-electron chi connectivity index (χ1n) is 17.6. The third kappa shape index (κ3) is 11.8. The van der Waals surface area contributed by atoms with Gasteiger partial charge < -0.3 is 26.0 Å². The SMILES string of the molecule is O=C(Cc1ccc(NC(=O)c2cc(NCc3cccc(Cl)c3)ccc2Cl)cc1)OC(=O)Cc1ccc(NC(=O)c2cc(NCc3ccccc3Cl)ccc2Cl)cc1. The van der Waals surface area contributed by atoms with Gasteiger partial charge in [-0.3, -0.25) is 19.2 Å². The number of hydrogen-bond acceptors (Lipinski definition) is 7. The molecule has 0 radical (unpaired) electrons. The lowest BCUT2D eigenvalue weighted by Crippen LogP contribution is -2.16. The summed E-state index contributed by atoms with van der Waals surface area (Å²) in [6.45, 7) is 0.970. The van der Waals surface area contributed by atoms with E-state index in [2.05, 4.69) is 21.3 Å². The lowest BCUT2D eigenvalue weighted by molar-refractivity contribution is -0.158. The maximum atomic E-state index is 13.1. The molecule has 4 N–H and O–H groups in total. The molecule has 6 aromatic rings. The van der Waals surface area contributed by atoms with Gasteiger partial charge in [0.2, 0.25) is 0 Å². The van der Waals surface area contributed by atoms with Gasteiger partial charge in [0.05, 0.1) is 34.0 Å². The Hall–Kier alpha value is -5.84. The summed E-state index contributed by atoms with van der Waals surface area (Å²) < 4.78 is 5.05. The molecule has 57 heavy (non-hydrogen) atoms. The van der Waals surface area contributed by atoms with Gasteiger partial charge in [0.25, 0.3) is 11.8 Å². The van der Waals surface area contributed by atoms with Crippen molar-refractivity contribution < 1.29 is 23.9 Å². The second-order valence-corrected chi connectivity index (χ2v) is 14.5. The van der Waals surface area contributed by atoms with Crippen molar-refractivity contribution in [3.05, 3.63) is 187 Å². The Morgan fingerprint density at radius 1 is 0.456 bits per heavy atom. The lowest BCUT2D eigenvalue weighted by Gasteiger charge is -2.12. The average Bonchev–Trinajstić information content (AvgIpc) is 3.19. The number of nitrogens with one attached hydrogen (secondary N) is 4. The Bertz CT molecular complexity index is 2420. The quantitative estimate of drug-likeness (QED) is 0.0636. The van der Waals surface area contributed by atoms with Crippen LogP contribution in [-0.4, -0.2) is 23.8 Å². The predicted octanol–water partition coefficient (Wildman–Crippen LogP) is 10.9. The summed E-state index contributed by atoms with van der Waals surface area (Å²) in [5.41, 5.74) is 5.98. The van der Waals surface area contributed by atoms with Crippen LogP contribution in [0.5, 0.6) is 0 Å². The summed E-state index contributed by atoms with van der Waals surface area (Å²) >= 11 is 25.0. The van der Waals surface area contributed by atoms with Crippen molar-refractivity contribution in [3.8, 4) is 0 Å². The minimum atomic E-state index is -0.727. The normalized spacial score (nSPS) is 10.7. The first kappa shape index (κ1) is 40.8. The van der Waals surface area contributed by atoms with E-state index in [4.69, 9.17) is 51.1 Å². The monoisotopic (exact) mass is 838 g/mol. The largest absolute Gasteiger partial charge is 0.393 e. The van der Waals surface area contributed by atoms with Crippen LogP contribution in [0.1, 0.15) is 43.0 Å². The Balaban J connectivity index is 0.951. The van der Waals surface area contributed by atoms with Gasteiger partial charge in [-0.1, -0.05) is 101 Å². The molecule has 0 heterocycles. The summed E-state index contributed by atoms with van der Waals surface area (Å²) in [5.74, 6) is -2.28. The van der Waals surface area contributed by atoms with E-state index in [0.29, 0.717) is 57.0 Å². The third-order valence-electron chi connectivity index (χ3n) is 8.60. The van der Waals surface area contributed by atoms with Gasteiger partial charge >= 0.3 is 11.9 Å². The number of rotatable bonds is 14. The highest BCUT2D eigenvalue weighted by molar-refractivity contribution is 6.35. The van der Waals surface area contributed by atoms with E-state index in [0.717, 1.165) is 11.1 Å². The molecule has 0 aliphatic carbocycles. The topological polar surface area (TPSA) is 126 Å². The molecule has 13 heteroatoms. The molecular weight excluding hydrogens is 806 g/mol. The van der Waals surface area contributed by atoms with Crippen molar-refractivity contribution in [3.63, 3.8) is 0 Å². The molecule has 0 saturated heterocycles. The second-order valence-electron chi connectivity index (χ2n) is 12.8. The Labute approximate surface area is 349 Å². The summed E-state index contributed by atoms with van der Waals surface area (Å²) in [7, 11) is 0. The van der Waals surface area contributed by atoms with Gasteiger partial charge in [-0.05, 0) is 101 Å². The van der Waals surface area contributed by atoms with E-state index in [9.17, 15) is 19.2 Å². The van der Waals surface area contributed by atoms with E-state index >= 15 is 0 Å². The summed E-state index contributed by atoms with van der Waals surface area (Å²) in [5, 5.41) is 14.0. The number of halogens is 4.